The van der Waals surface area contributed by atoms with Crippen molar-refractivity contribution in [2.24, 2.45) is 0 Å². The summed E-state index contributed by atoms with van der Waals surface area (Å²) in [6, 6.07) is 6.03. The zero-order valence-electron chi connectivity index (χ0n) is 9.32. The summed E-state index contributed by atoms with van der Waals surface area (Å²) < 4.78 is 0. The highest BCUT2D eigenvalue weighted by Crippen LogP contribution is 2.19. The Balaban J connectivity index is 2.73. The van der Waals surface area contributed by atoms with Crippen molar-refractivity contribution in [1.29, 1.82) is 0 Å². The zero-order chi connectivity index (χ0) is 10.8. The largest absolute Gasteiger partial charge is 0.308 e. The highest BCUT2D eigenvalue weighted by Gasteiger charge is 2.09. The molecule has 1 nitrogen and oxygen atoms in total. The molecule has 0 aliphatic heterocycles. The van der Waals surface area contributed by atoms with Crippen LogP contribution in [0.25, 0.3) is 0 Å². The first-order chi connectivity index (χ1) is 6.40. The monoisotopic (exact) mass is 211 g/mol. The number of hydrogen-bond donors (Lipinski definition) is 1. The molecule has 0 aliphatic carbocycles. The van der Waals surface area contributed by atoms with E-state index < -0.39 is 0 Å². The van der Waals surface area contributed by atoms with Gasteiger partial charge in [0.05, 0.1) is 0 Å². The summed E-state index contributed by atoms with van der Waals surface area (Å²) >= 11 is 6.04. The van der Waals surface area contributed by atoms with Gasteiger partial charge in [0.25, 0.3) is 0 Å². The topological polar surface area (TPSA) is 12.0 Å². The van der Waals surface area contributed by atoms with Crippen LogP contribution in [0.3, 0.4) is 0 Å². The molecule has 1 aromatic carbocycles. The molecule has 0 saturated heterocycles. The van der Waals surface area contributed by atoms with E-state index in [9.17, 15) is 0 Å². The highest BCUT2D eigenvalue weighted by molar-refractivity contribution is 6.31. The van der Waals surface area contributed by atoms with Crippen molar-refractivity contribution >= 4 is 11.6 Å². The van der Waals surface area contributed by atoms with Crippen LogP contribution in [0.5, 0.6) is 0 Å². The maximum Gasteiger partial charge on any atom is 0.0438 e. The fourth-order valence-electron chi connectivity index (χ4n) is 1.20. The molecule has 1 aromatic rings. The van der Waals surface area contributed by atoms with Crippen LogP contribution >= 0.6 is 11.6 Å². The molecule has 0 fully saturated rings. The van der Waals surface area contributed by atoms with Gasteiger partial charge in [0, 0.05) is 17.1 Å². The van der Waals surface area contributed by atoms with E-state index in [1.807, 2.05) is 12.1 Å². The summed E-state index contributed by atoms with van der Waals surface area (Å²) in [5.41, 5.74) is 2.59. The van der Waals surface area contributed by atoms with E-state index in [4.69, 9.17) is 11.6 Å². The summed E-state index contributed by atoms with van der Waals surface area (Å²) in [7, 11) is 0. The van der Waals surface area contributed by atoms with Gasteiger partial charge in [0.2, 0.25) is 0 Å². The fourth-order valence-corrected chi connectivity index (χ4v) is 1.40. The second-order valence-corrected chi connectivity index (χ2v) is 5.03. The van der Waals surface area contributed by atoms with Gasteiger partial charge in [0.1, 0.15) is 0 Å². The molecule has 1 rings (SSSR count). The molecule has 0 saturated carbocycles. The summed E-state index contributed by atoms with van der Waals surface area (Å²) in [6.45, 7) is 9.41. The summed E-state index contributed by atoms with van der Waals surface area (Å²) in [5.74, 6) is 0. The van der Waals surface area contributed by atoms with E-state index in [1.54, 1.807) is 0 Å². The van der Waals surface area contributed by atoms with Crippen molar-refractivity contribution in [2.45, 2.75) is 39.8 Å². The molecular weight excluding hydrogens is 194 g/mol. The quantitative estimate of drug-likeness (QED) is 0.789. The lowest BCUT2D eigenvalue weighted by Gasteiger charge is -2.21. The van der Waals surface area contributed by atoms with Crippen molar-refractivity contribution in [2.75, 3.05) is 0 Å². The molecule has 0 aliphatic rings. The second kappa shape index (κ2) is 4.33. The molecule has 78 valence electrons. The summed E-state index contributed by atoms with van der Waals surface area (Å²) in [6.07, 6.45) is 0. The zero-order valence-corrected chi connectivity index (χ0v) is 10.1. The lowest BCUT2D eigenvalue weighted by Crippen LogP contribution is -2.35. The van der Waals surface area contributed by atoms with Crippen LogP contribution in [0.2, 0.25) is 5.02 Å². The minimum atomic E-state index is 0.148. The van der Waals surface area contributed by atoms with Gasteiger partial charge in [-0.25, -0.2) is 0 Å². The Bertz CT molecular complexity index is 313. The van der Waals surface area contributed by atoms with Crippen LogP contribution in [-0.2, 0) is 6.54 Å². The van der Waals surface area contributed by atoms with Gasteiger partial charge in [-0.15, -0.1) is 0 Å². The molecule has 0 atom stereocenters. The van der Waals surface area contributed by atoms with E-state index in [0.29, 0.717) is 0 Å². The minimum absolute atomic E-state index is 0.148. The van der Waals surface area contributed by atoms with Crippen LogP contribution in [0, 0.1) is 6.92 Å². The molecule has 0 spiro atoms. The average molecular weight is 212 g/mol. The van der Waals surface area contributed by atoms with Crippen LogP contribution in [-0.4, -0.2) is 5.54 Å². The first kappa shape index (κ1) is 11.5. The average Bonchev–Trinajstić information content (AvgIpc) is 2.06. The number of nitrogens with one attached hydrogen (secondary N) is 1. The fraction of sp³-hybridized carbons (Fsp3) is 0.500. The Morgan fingerprint density at radius 2 is 1.93 bits per heavy atom. The highest BCUT2D eigenvalue weighted by atomic mass is 35.5. The predicted octanol–water partition coefficient (Wildman–Crippen LogP) is 3.54. The van der Waals surface area contributed by atoms with Gasteiger partial charge in [-0.2, -0.15) is 0 Å². The molecule has 0 unspecified atom stereocenters. The second-order valence-electron chi connectivity index (χ2n) is 4.63. The molecule has 14 heavy (non-hydrogen) atoms. The van der Waals surface area contributed by atoms with Gasteiger partial charge in [-0.3, -0.25) is 0 Å². The third-order valence-corrected chi connectivity index (χ3v) is 2.60. The normalized spacial score (nSPS) is 11.8. The van der Waals surface area contributed by atoms with E-state index in [1.165, 1.54) is 11.1 Å². The first-order valence-electron chi connectivity index (χ1n) is 4.89. The van der Waals surface area contributed by atoms with Crippen molar-refractivity contribution in [3.05, 3.63) is 34.3 Å². The summed E-state index contributed by atoms with van der Waals surface area (Å²) in [4.78, 5) is 0. The Labute approximate surface area is 91.5 Å². The standard InChI is InChI=1S/C12H18ClN/c1-9-10(6-5-7-11(9)13)8-14-12(2,3)4/h5-7,14H,8H2,1-4H3. The van der Waals surface area contributed by atoms with Gasteiger partial charge >= 0.3 is 0 Å². The van der Waals surface area contributed by atoms with Crippen molar-refractivity contribution in [3.8, 4) is 0 Å². The van der Waals surface area contributed by atoms with Gasteiger partial charge in [-0.05, 0) is 44.9 Å². The van der Waals surface area contributed by atoms with E-state index in [-0.39, 0.29) is 5.54 Å². The Morgan fingerprint density at radius 3 is 2.50 bits per heavy atom. The maximum absolute atomic E-state index is 6.04. The molecule has 0 bridgehead atoms. The van der Waals surface area contributed by atoms with Gasteiger partial charge < -0.3 is 5.32 Å². The van der Waals surface area contributed by atoms with E-state index in [0.717, 1.165) is 11.6 Å². The smallest absolute Gasteiger partial charge is 0.0438 e. The van der Waals surface area contributed by atoms with Crippen LogP contribution in [0.4, 0.5) is 0 Å². The van der Waals surface area contributed by atoms with Crippen molar-refractivity contribution in [3.63, 3.8) is 0 Å². The number of halogens is 1. The molecule has 0 heterocycles. The molecular formula is C12H18ClN. The lowest BCUT2D eigenvalue weighted by atomic mass is 10.1. The third-order valence-electron chi connectivity index (χ3n) is 2.19. The third kappa shape index (κ3) is 3.32. The molecule has 2 heteroatoms. The number of benzene rings is 1. The van der Waals surface area contributed by atoms with Crippen LogP contribution in [0.1, 0.15) is 31.9 Å². The number of rotatable bonds is 2. The van der Waals surface area contributed by atoms with Gasteiger partial charge in [-0.1, -0.05) is 23.7 Å². The Morgan fingerprint density at radius 1 is 1.29 bits per heavy atom. The Kier molecular flexibility index (Phi) is 3.57. The number of hydrogen-bond acceptors (Lipinski definition) is 1. The lowest BCUT2D eigenvalue weighted by molar-refractivity contribution is 0.424. The van der Waals surface area contributed by atoms with Crippen LogP contribution < -0.4 is 5.32 Å². The summed E-state index contributed by atoms with van der Waals surface area (Å²) in [5, 5.41) is 4.29. The molecule has 0 aromatic heterocycles. The Hall–Kier alpha value is -0.530. The molecule has 0 radical (unpaired) electrons. The molecule has 0 amide bonds. The van der Waals surface area contributed by atoms with Crippen LogP contribution in [0.15, 0.2) is 18.2 Å². The van der Waals surface area contributed by atoms with Crippen molar-refractivity contribution < 1.29 is 0 Å². The maximum atomic E-state index is 6.04. The minimum Gasteiger partial charge on any atom is -0.308 e. The SMILES string of the molecule is Cc1c(Cl)cccc1CNC(C)(C)C. The first-order valence-corrected chi connectivity index (χ1v) is 5.27. The van der Waals surface area contributed by atoms with E-state index in [2.05, 4.69) is 39.1 Å². The van der Waals surface area contributed by atoms with Gasteiger partial charge in [0.15, 0.2) is 0 Å². The predicted molar refractivity (Wildman–Crippen MR) is 62.8 cm³/mol. The van der Waals surface area contributed by atoms with Crippen molar-refractivity contribution in [1.82, 2.24) is 5.32 Å². The van der Waals surface area contributed by atoms with E-state index >= 15 is 0 Å². The molecule has 1 N–H and O–H groups in total.